The van der Waals surface area contributed by atoms with Crippen LogP contribution in [0.1, 0.15) is 26.2 Å². The van der Waals surface area contributed by atoms with Gasteiger partial charge in [0.2, 0.25) is 0 Å². The standard InChI is InChI=1S/C8H13O4P/c1-2-3-4-5-6-8(9)7-12-13(10)11/h13H,2,5-7H2,1H3,(H,10,11). The fraction of sp³-hybridized carbons (Fsp3) is 0.625. The molecule has 0 fully saturated rings. The second-order valence-electron chi connectivity index (χ2n) is 2.30. The van der Waals surface area contributed by atoms with Crippen molar-refractivity contribution in [2.45, 2.75) is 26.2 Å². The topological polar surface area (TPSA) is 63.6 Å². The second-order valence-corrected chi connectivity index (χ2v) is 3.12. The largest absolute Gasteiger partial charge is 0.326 e. The highest BCUT2D eigenvalue weighted by Gasteiger charge is 2.01. The summed E-state index contributed by atoms with van der Waals surface area (Å²) >= 11 is 0. The third kappa shape index (κ3) is 9.29. The first-order valence-corrected chi connectivity index (χ1v) is 5.26. The van der Waals surface area contributed by atoms with Crippen LogP contribution in [-0.4, -0.2) is 17.3 Å². The zero-order valence-electron chi connectivity index (χ0n) is 7.50. The van der Waals surface area contributed by atoms with Crippen LogP contribution in [0.3, 0.4) is 0 Å². The molecule has 0 heterocycles. The molecule has 0 rings (SSSR count). The Hall–Kier alpha value is -0.620. The van der Waals surface area contributed by atoms with Crippen LogP contribution in [0.25, 0.3) is 0 Å². The van der Waals surface area contributed by atoms with Gasteiger partial charge in [0.05, 0.1) is 0 Å². The lowest BCUT2D eigenvalue weighted by Crippen LogP contribution is -2.04. The minimum Gasteiger partial charge on any atom is -0.326 e. The van der Waals surface area contributed by atoms with E-state index in [1.165, 1.54) is 0 Å². The maximum atomic E-state index is 10.9. The zero-order valence-corrected chi connectivity index (χ0v) is 8.50. The molecule has 0 aliphatic carbocycles. The monoisotopic (exact) mass is 204 g/mol. The molecule has 5 heteroatoms. The first kappa shape index (κ1) is 12.4. The number of carbonyl (C=O) groups excluding carboxylic acids is 1. The van der Waals surface area contributed by atoms with Gasteiger partial charge >= 0.3 is 8.25 Å². The van der Waals surface area contributed by atoms with Crippen LogP contribution in [0.2, 0.25) is 0 Å². The number of hydrogen-bond donors (Lipinski definition) is 1. The first-order valence-electron chi connectivity index (χ1n) is 4.00. The van der Waals surface area contributed by atoms with Crippen molar-refractivity contribution >= 4 is 14.0 Å². The molecule has 0 aromatic carbocycles. The van der Waals surface area contributed by atoms with Crippen molar-refractivity contribution in [3.63, 3.8) is 0 Å². The van der Waals surface area contributed by atoms with E-state index < -0.39 is 8.25 Å². The summed E-state index contributed by atoms with van der Waals surface area (Å²) in [5.41, 5.74) is 0. The van der Waals surface area contributed by atoms with Gasteiger partial charge in [-0.3, -0.25) is 9.36 Å². The minimum absolute atomic E-state index is 0.196. The van der Waals surface area contributed by atoms with Gasteiger partial charge in [-0.1, -0.05) is 6.92 Å². The normalized spacial score (nSPS) is 11.5. The van der Waals surface area contributed by atoms with Gasteiger partial charge in [-0.25, -0.2) is 0 Å². The Morgan fingerprint density at radius 3 is 2.77 bits per heavy atom. The maximum Gasteiger partial charge on any atom is 0.317 e. The molecule has 0 aliphatic heterocycles. The molecule has 0 saturated heterocycles. The summed E-state index contributed by atoms with van der Waals surface area (Å²) in [6.07, 6.45) is 1.54. The molecule has 0 radical (unpaired) electrons. The number of ketones is 1. The van der Waals surface area contributed by atoms with Crippen molar-refractivity contribution in [3.05, 3.63) is 0 Å². The summed E-state index contributed by atoms with van der Waals surface area (Å²) in [5.74, 6) is 5.42. The van der Waals surface area contributed by atoms with Gasteiger partial charge in [0.25, 0.3) is 0 Å². The summed E-state index contributed by atoms with van der Waals surface area (Å²) in [4.78, 5) is 19.1. The summed E-state index contributed by atoms with van der Waals surface area (Å²) in [7, 11) is -2.97. The Balaban J connectivity index is 3.46. The van der Waals surface area contributed by atoms with Gasteiger partial charge in [0.15, 0.2) is 5.78 Å². The summed E-state index contributed by atoms with van der Waals surface area (Å²) in [5, 5.41) is 0. The summed E-state index contributed by atoms with van der Waals surface area (Å²) in [6.45, 7) is 1.64. The molecule has 0 aromatic heterocycles. The van der Waals surface area contributed by atoms with Crippen LogP contribution in [0.4, 0.5) is 0 Å². The number of hydrogen-bond acceptors (Lipinski definition) is 3. The molecule has 13 heavy (non-hydrogen) atoms. The molecule has 74 valence electrons. The van der Waals surface area contributed by atoms with Crippen molar-refractivity contribution in [2.75, 3.05) is 6.61 Å². The zero-order chi connectivity index (χ0) is 10.1. The molecule has 4 nitrogen and oxygen atoms in total. The quantitative estimate of drug-likeness (QED) is 0.539. The molecular formula is C8H13O4P. The maximum absolute atomic E-state index is 10.9. The second kappa shape index (κ2) is 8.00. The van der Waals surface area contributed by atoms with E-state index in [1.807, 2.05) is 6.92 Å². The van der Waals surface area contributed by atoms with E-state index in [1.54, 1.807) is 0 Å². The van der Waals surface area contributed by atoms with E-state index in [-0.39, 0.29) is 18.8 Å². The molecule has 1 N–H and O–H groups in total. The third-order valence-electron chi connectivity index (χ3n) is 1.19. The van der Waals surface area contributed by atoms with E-state index in [0.29, 0.717) is 6.42 Å². The molecule has 1 unspecified atom stereocenters. The van der Waals surface area contributed by atoms with E-state index in [9.17, 15) is 9.36 Å². The van der Waals surface area contributed by atoms with Gasteiger partial charge in [-0.2, -0.15) is 0 Å². The van der Waals surface area contributed by atoms with Crippen molar-refractivity contribution in [3.8, 4) is 11.8 Å². The lowest BCUT2D eigenvalue weighted by Gasteiger charge is -1.96. The molecule has 0 aliphatic rings. The molecule has 1 atom stereocenters. The van der Waals surface area contributed by atoms with Crippen LogP contribution in [-0.2, 0) is 13.9 Å². The number of rotatable bonds is 5. The van der Waals surface area contributed by atoms with Crippen LogP contribution in [0.5, 0.6) is 0 Å². The van der Waals surface area contributed by atoms with Crippen molar-refractivity contribution in [2.24, 2.45) is 0 Å². The average molecular weight is 204 g/mol. The van der Waals surface area contributed by atoms with Crippen molar-refractivity contribution < 1.29 is 18.8 Å². The molecule has 0 aromatic rings. The Morgan fingerprint density at radius 1 is 1.54 bits per heavy atom. The summed E-state index contributed by atoms with van der Waals surface area (Å²) in [6, 6.07) is 0. The predicted octanol–water partition coefficient (Wildman–Crippen LogP) is 1.15. The van der Waals surface area contributed by atoms with Gasteiger partial charge in [-0.15, -0.1) is 11.8 Å². The molecular weight excluding hydrogens is 191 g/mol. The van der Waals surface area contributed by atoms with Gasteiger partial charge < -0.3 is 9.42 Å². The van der Waals surface area contributed by atoms with Crippen LogP contribution >= 0.6 is 8.25 Å². The van der Waals surface area contributed by atoms with Crippen LogP contribution < -0.4 is 0 Å². The molecule has 0 bridgehead atoms. The van der Waals surface area contributed by atoms with Crippen molar-refractivity contribution in [1.29, 1.82) is 0 Å². The Morgan fingerprint density at radius 2 is 2.23 bits per heavy atom. The first-order chi connectivity index (χ1) is 6.16. The van der Waals surface area contributed by atoms with Crippen LogP contribution in [0, 0.1) is 11.8 Å². The van der Waals surface area contributed by atoms with E-state index >= 15 is 0 Å². The minimum atomic E-state index is -2.97. The van der Waals surface area contributed by atoms with Crippen LogP contribution in [0.15, 0.2) is 0 Å². The van der Waals surface area contributed by atoms with Crippen molar-refractivity contribution in [1.82, 2.24) is 0 Å². The van der Waals surface area contributed by atoms with E-state index in [4.69, 9.17) is 4.89 Å². The molecule has 0 amide bonds. The lowest BCUT2D eigenvalue weighted by molar-refractivity contribution is -0.121. The Labute approximate surface area is 78.2 Å². The fourth-order valence-corrected chi connectivity index (χ4v) is 0.914. The Kier molecular flexibility index (Phi) is 7.62. The molecule has 0 saturated carbocycles. The third-order valence-corrected chi connectivity index (χ3v) is 1.58. The summed E-state index contributed by atoms with van der Waals surface area (Å²) < 4.78 is 14.3. The number of Topliss-reactive ketones (excluding diaryl/α,β-unsaturated/α-hetero) is 1. The highest BCUT2D eigenvalue weighted by atomic mass is 31.1. The highest BCUT2D eigenvalue weighted by molar-refractivity contribution is 7.32. The lowest BCUT2D eigenvalue weighted by atomic mass is 10.2. The van der Waals surface area contributed by atoms with Gasteiger partial charge in [0.1, 0.15) is 6.61 Å². The van der Waals surface area contributed by atoms with E-state index in [2.05, 4.69) is 16.4 Å². The van der Waals surface area contributed by atoms with Gasteiger partial charge in [-0.05, 0) is 0 Å². The smallest absolute Gasteiger partial charge is 0.317 e. The highest BCUT2D eigenvalue weighted by Crippen LogP contribution is 2.13. The predicted molar refractivity (Wildman–Crippen MR) is 49.5 cm³/mol. The number of carbonyl (C=O) groups is 1. The van der Waals surface area contributed by atoms with E-state index in [0.717, 1.165) is 6.42 Å². The average Bonchev–Trinajstić information content (AvgIpc) is 2.09. The fourth-order valence-electron chi connectivity index (χ4n) is 0.630. The van der Waals surface area contributed by atoms with Gasteiger partial charge in [0, 0.05) is 19.3 Å². The Bertz CT molecular complexity index is 238. The molecule has 0 spiro atoms. The SMILES string of the molecule is CCC#CCCC(=O)CO[PH](=O)O.